The molecule has 1 unspecified atom stereocenters. The van der Waals surface area contributed by atoms with Gasteiger partial charge in [0.25, 0.3) is 0 Å². The molecule has 4 heteroatoms. The van der Waals surface area contributed by atoms with Crippen LogP contribution in [-0.2, 0) is 6.42 Å². The molecule has 2 aromatic rings. The largest absolute Gasteiger partial charge is 0.313 e. The van der Waals surface area contributed by atoms with E-state index in [4.69, 9.17) is 0 Å². The van der Waals surface area contributed by atoms with E-state index in [-0.39, 0.29) is 5.82 Å². The normalized spacial score (nSPS) is 12.3. The SMILES string of the molecule is CCNC(CSc1ccccc1Br)Cc1cccc(F)c1. The van der Waals surface area contributed by atoms with Crippen molar-refractivity contribution in [2.45, 2.75) is 24.3 Å². The second-order valence-electron chi connectivity index (χ2n) is 4.83. The van der Waals surface area contributed by atoms with E-state index in [0.29, 0.717) is 6.04 Å². The van der Waals surface area contributed by atoms with Gasteiger partial charge in [-0.1, -0.05) is 31.2 Å². The van der Waals surface area contributed by atoms with Gasteiger partial charge in [-0.05, 0) is 58.7 Å². The molecule has 0 amide bonds. The number of thioether (sulfide) groups is 1. The van der Waals surface area contributed by atoms with Gasteiger partial charge in [-0.15, -0.1) is 11.8 Å². The molecule has 0 aliphatic carbocycles. The minimum Gasteiger partial charge on any atom is -0.313 e. The first-order chi connectivity index (χ1) is 10.2. The van der Waals surface area contributed by atoms with Gasteiger partial charge in [0.1, 0.15) is 5.82 Å². The highest BCUT2D eigenvalue weighted by molar-refractivity contribution is 9.10. The molecule has 0 radical (unpaired) electrons. The maximum absolute atomic E-state index is 13.3. The molecule has 2 rings (SSSR count). The molecular weight excluding hydrogens is 349 g/mol. The molecule has 0 heterocycles. The van der Waals surface area contributed by atoms with E-state index in [9.17, 15) is 4.39 Å². The lowest BCUT2D eigenvalue weighted by Gasteiger charge is -2.18. The number of likely N-dealkylation sites (N-methyl/N-ethyl adjacent to an activating group) is 1. The summed E-state index contributed by atoms with van der Waals surface area (Å²) in [4.78, 5) is 1.24. The molecule has 0 aromatic heterocycles. The Hall–Kier alpha value is -0.840. The fraction of sp³-hybridized carbons (Fsp3) is 0.294. The third-order valence-corrected chi connectivity index (χ3v) is 5.33. The Morgan fingerprint density at radius 3 is 2.71 bits per heavy atom. The Morgan fingerprint density at radius 1 is 1.19 bits per heavy atom. The molecule has 2 aromatic carbocycles. The van der Waals surface area contributed by atoms with Crippen LogP contribution in [0, 0.1) is 5.82 Å². The number of benzene rings is 2. The van der Waals surface area contributed by atoms with Gasteiger partial charge >= 0.3 is 0 Å². The van der Waals surface area contributed by atoms with E-state index in [1.165, 1.54) is 11.0 Å². The zero-order valence-electron chi connectivity index (χ0n) is 12.0. The quantitative estimate of drug-likeness (QED) is 0.698. The van der Waals surface area contributed by atoms with Crippen molar-refractivity contribution in [2.75, 3.05) is 12.3 Å². The van der Waals surface area contributed by atoms with E-state index < -0.39 is 0 Å². The third-order valence-electron chi connectivity index (χ3n) is 3.14. The maximum Gasteiger partial charge on any atom is 0.123 e. The van der Waals surface area contributed by atoms with Gasteiger partial charge in [-0.3, -0.25) is 0 Å². The van der Waals surface area contributed by atoms with Gasteiger partial charge in [0, 0.05) is 21.2 Å². The van der Waals surface area contributed by atoms with E-state index in [2.05, 4.69) is 40.3 Å². The summed E-state index contributed by atoms with van der Waals surface area (Å²) >= 11 is 5.39. The molecule has 0 bridgehead atoms. The van der Waals surface area contributed by atoms with Crippen LogP contribution in [0.5, 0.6) is 0 Å². The molecule has 0 aliphatic rings. The van der Waals surface area contributed by atoms with Gasteiger partial charge in [0.2, 0.25) is 0 Å². The maximum atomic E-state index is 13.3. The summed E-state index contributed by atoms with van der Waals surface area (Å²) in [5.41, 5.74) is 1.04. The highest BCUT2D eigenvalue weighted by atomic mass is 79.9. The van der Waals surface area contributed by atoms with Crippen LogP contribution in [0.2, 0.25) is 0 Å². The number of hydrogen-bond acceptors (Lipinski definition) is 2. The first-order valence-corrected chi connectivity index (χ1v) is 8.82. The molecule has 1 nitrogen and oxygen atoms in total. The lowest BCUT2D eigenvalue weighted by Crippen LogP contribution is -2.33. The zero-order valence-corrected chi connectivity index (χ0v) is 14.4. The lowest BCUT2D eigenvalue weighted by molar-refractivity contribution is 0.568. The van der Waals surface area contributed by atoms with Crippen LogP contribution in [0.25, 0.3) is 0 Å². The van der Waals surface area contributed by atoms with Gasteiger partial charge in [0.05, 0.1) is 0 Å². The smallest absolute Gasteiger partial charge is 0.123 e. The van der Waals surface area contributed by atoms with Crippen molar-refractivity contribution in [3.63, 3.8) is 0 Å². The van der Waals surface area contributed by atoms with Crippen molar-refractivity contribution in [1.29, 1.82) is 0 Å². The molecule has 1 atom stereocenters. The predicted molar refractivity (Wildman–Crippen MR) is 92.4 cm³/mol. The summed E-state index contributed by atoms with van der Waals surface area (Å²) in [6.45, 7) is 3.01. The van der Waals surface area contributed by atoms with Crippen molar-refractivity contribution in [3.05, 3.63) is 64.4 Å². The summed E-state index contributed by atoms with van der Waals surface area (Å²) in [5.74, 6) is 0.786. The van der Waals surface area contributed by atoms with Crippen molar-refractivity contribution in [3.8, 4) is 0 Å². The van der Waals surface area contributed by atoms with Crippen LogP contribution in [0.3, 0.4) is 0 Å². The Morgan fingerprint density at radius 2 is 2.00 bits per heavy atom. The van der Waals surface area contributed by atoms with Gasteiger partial charge in [-0.25, -0.2) is 4.39 Å². The summed E-state index contributed by atoms with van der Waals surface area (Å²) in [5, 5.41) is 3.48. The first-order valence-electron chi connectivity index (χ1n) is 7.04. The first kappa shape index (κ1) is 16.5. The molecule has 0 spiro atoms. The third kappa shape index (κ3) is 5.46. The minimum absolute atomic E-state index is 0.166. The van der Waals surface area contributed by atoms with Crippen molar-refractivity contribution < 1.29 is 4.39 Å². The van der Waals surface area contributed by atoms with Crippen molar-refractivity contribution in [2.24, 2.45) is 0 Å². The second kappa shape index (κ2) is 8.57. The summed E-state index contributed by atoms with van der Waals surface area (Å²) in [7, 11) is 0. The Labute approximate surface area is 138 Å². The average molecular weight is 368 g/mol. The fourth-order valence-electron chi connectivity index (χ4n) is 2.18. The van der Waals surface area contributed by atoms with E-state index in [0.717, 1.165) is 28.8 Å². The molecule has 0 aliphatic heterocycles. The zero-order chi connectivity index (χ0) is 15.1. The number of halogens is 2. The van der Waals surface area contributed by atoms with Crippen LogP contribution >= 0.6 is 27.7 Å². The monoisotopic (exact) mass is 367 g/mol. The van der Waals surface area contributed by atoms with Gasteiger partial charge < -0.3 is 5.32 Å². The van der Waals surface area contributed by atoms with Crippen LogP contribution in [0.15, 0.2) is 57.9 Å². The second-order valence-corrected chi connectivity index (χ2v) is 6.75. The fourth-order valence-corrected chi connectivity index (χ4v) is 3.80. The van der Waals surface area contributed by atoms with Crippen molar-refractivity contribution >= 4 is 27.7 Å². The molecule has 21 heavy (non-hydrogen) atoms. The molecule has 0 fully saturated rings. The molecule has 0 saturated heterocycles. The molecule has 1 N–H and O–H groups in total. The van der Waals surface area contributed by atoms with Crippen molar-refractivity contribution in [1.82, 2.24) is 5.32 Å². The van der Waals surface area contributed by atoms with E-state index in [1.54, 1.807) is 12.1 Å². The van der Waals surface area contributed by atoms with Crippen LogP contribution < -0.4 is 5.32 Å². The number of hydrogen-bond donors (Lipinski definition) is 1. The Bertz CT molecular complexity index is 576. The lowest BCUT2D eigenvalue weighted by atomic mass is 10.1. The number of rotatable bonds is 7. The summed E-state index contributed by atoms with van der Waals surface area (Å²) in [6, 6.07) is 15.4. The molecular formula is C17H19BrFNS. The minimum atomic E-state index is -0.166. The van der Waals surface area contributed by atoms with Gasteiger partial charge in [-0.2, -0.15) is 0 Å². The molecule has 0 saturated carbocycles. The Balaban J connectivity index is 1.97. The average Bonchev–Trinajstić information content (AvgIpc) is 2.46. The van der Waals surface area contributed by atoms with E-state index >= 15 is 0 Å². The standard InChI is InChI=1S/C17H19BrFNS/c1-2-20-15(11-13-6-5-7-14(19)10-13)12-21-17-9-4-3-8-16(17)18/h3-10,15,20H,2,11-12H2,1H3. The van der Waals surface area contributed by atoms with Crippen LogP contribution in [0.1, 0.15) is 12.5 Å². The topological polar surface area (TPSA) is 12.0 Å². The van der Waals surface area contributed by atoms with E-state index in [1.807, 2.05) is 30.0 Å². The predicted octanol–water partition coefficient (Wildman–Crippen LogP) is 4.90. The number of nitrogens with one attached hydrogen (secondary N) is 1. The molecule has 112 valence electrons. The summed E-state index contributed by atoms with van der Waals surface area (Å²) in [6.07, 6.45) is 0.836. The van der Waals surface area contributed by atoms with Crippen LogP contribution in [0.4, 0.5) is 4.39 Å². The van der Waals surface area contributed by atoms with Gasteiger partial charge in [0.15, 0.2) is 0 Å². The van der Waals surface area contributed by atoms with Crippen LogP contribution in [-0.4, -0.2) is 18.3 Å². The summed E-state index contributed by atoms with van der Waals surface area (Å²) < 4.78 is 14.4. The Kier molecular flexibility index (Phi) is 6.74. The highest BCUT2D eigenvalue weighted by Crippen LogP contribution is 2.27. The highest BCUT2D eigenvalue weighted by Gasteiger charge is 2.10.